The molecular formula is C31H55N5O2Si2. The van der Waals surface area contributed by atoms with Gasteiger partial charge in [-0.05, 0) is 72.7 Å². The van der Waals surface area contributed by atoms with E-state index in [-0.39, 0.29) is 10.1 Å². The minimum absolute atomic E-state index is 0.190. The van der Waals surface area contributed by atoms with Crippen molar-refractivity contribution < 1.29 is 8.85 Å². The van der Waals surface area contributed by atoms with Crippen LogP contribution in [0.3, 0.4) is 0 Å². The van der Waals surface area contributed by atoms with E-state index >= 15 is 0 Å². The lowest BCUT2D eigenvalue weighted by Crippen LogP contribution is -2.47. The second kappa shape index (κ2) is 12.8. The normalized spacial score (nSPS) is 15.4. The van der Waals surface area contributed by atoms with Crippen LogP contribution in [-0.2, 0) is 8.85 Å². The summed E-state index contributed by atoms with van der Waals surface area (Å²) in [5, 5.41) is 0.381. The first-order valence-corrected chi connectivity index (χ1v) is 20.7. The summed E-state index contributed by atoms with van der Waals surface area (Å²) in [5.74, 6) is 2.03. The third kappa shape index (κ3) is 8.47. The van der Waals surface area contributed by atoms with Crippen LogP contribution in [-0.4, -0.2) is 74.1 Å². The number of pyridine rings is 1. The van der Waals surface area contributed by atoms with Crippen molar-refractivity contribution in [2.75, 3.05) is 72.9 Å². The van der Waals surface area contributed by atoms with Crippen molar-refractivity contribution in [1.82, 2.24) is 4.98 Å². The Hall–Kier alpha value is -2.08. The molecule has 2 aromatic rings. The standard InChI is InChI=1S/C31H55N5O2Si2/c1-30(2,3)39(7,8)37-24-22-36(23-25-38-40(9,10)31(4,5)6)29-13-11-12-28(33-29)35-20-18-34(19-21-35)27-16-14-26(32)15-17-27/h11-17H,18-25,32H2,1-10H3. The van der Waals surface area contributed by atoms with Gasteiger partial charge >= 0.3 is 0 Å². The maximum Gasteiger partial charge on any atom is 0.192 e. The average Bonchev–Trinajstić information content (AvgIpc) is 2.87. The molecule has 7 nitrogen and oxygen atoms in total. The first-order chi connectivity index (χ1) is 18.5. The summed E-state index contributed by atoms with van der Waals surface area (Å²) in [6.07, 6.45) is 0. The summed E-state index contributed by atoms with van der Waals surface area (Å²) in [5.41, 5.74) is 7.91. The lowest BCUT2D eigenvalue weighted by atomic mass is 10.2. The second-order valence-corrected chi connectivity index (χ2v) is 23.7. The third-order valence-corrected chi connectivity index (χ3v) is 18.2. The lowest BCUT2D eigenvalue weighted by Gasteiger charge is -2.38. The second-order valence-electron chi connectivity index (χ2n) is 14.1. The van der Waals surface area contributed by atoms with Crippen molar-refractivity contribution in [3.63, 3.8) is 0 Å². The number of hydrogen-bond acceptors (Lipinski definition) is 7. The van der Waals surface area contributed by atoms with Crippen molar-refractivity contribution in [2.45, 2.75) is 77.8 Å². The van der Waals surface area contributed by atoms with Gasteiger partial charge in [-0.25, -0.2) is 4.98 Å². The molecule has 1 aromatic heterocycles. The Kier molecular flexibility index (Phi) is 10.4. The van der Waals surface area contributed by atoms with E-state index in [9.17, 15) is 0 Å². The minimum Gasteiger partial charge on any atom is -0.415 e. The molecule has 0 aliphatic carbocycles. The van der Waals surface area contributed by atoms with E-state index in [1.165, 1.54) is 5.69 Å². The van der Waals surface area contributed by atoms with E-state index in [1.807, 2.05) is 12.1 Å². The van der Waals surface area contributed by atoms with Gasteiger partial charge in [0.1, 0.15) is 11.6 Å². The number of piperazine rings is 1. The van der Waals surface area contributed by atoms with Gasteiger partial charge in [0.25, 0.3) is 0 Å². The summed E-state index contributed by atoms with van der Waals surface area (Å²) in [4.78, 5) is 12.3. The Balaban J connectivity index is 1.70. The maximum atomic E-state index is 6.57. The Morgan fingerprint density at radius 1 is 0.750 bits per heavy atom. The molecule has 2 N–H and O–H groups in total. The molecule has 3 rings (SSSR count). The van der Waals surface area contributed by atoms with Gasteiger partial charge in [0.15, 0.2) is 16.6 Å². The van der Waals surface area contributed by atoms with Crippen LogP contribution in [0.5, 0.6) is 0 Å². The minimum atomic E-state index is -1.83. The van der Waals surface area contributed by atoms with Gasteiger partial charge in [-0.15, -0.1) is 0 Å². The first-order valence-electron chi connectivity index (χ1n) is 14.9. The third-order valence-electron chi connectivity index (χ3n) is 9.17. The molecule has 0 bridgehead atoms. The number of benzene rings is 1. The summed E-state index contributed by atoms with van der Waals surface area (Å²) in [6, 6.07) is 14.6. The van der Waals surface area contributed by atoms with Crippen LogP contribution in [0.15, 0.2) is 42.5 Å². The highest BCUT2D eigenvalue weighted by atomic mass is 28.4. The molecule has 1 fully saturated rings. The molecule has 9 heteroatoms. The van der Waals surface area contributed by atoms with Gasteiger partial charge < -0.3 is 29.3 Å². The average molecular weight is 586 g/mol. The number of rotatable bonds is 11. The van der Waals surface area contributed by atoms with Crippen LogP contribution in [0.1, 0.15) is 41.5 Å². The monoisotopic (exact) mass is 585 g/mol. The van der Waals surface area contributed by atoms with Gasteiger partial charge in [-0.3, -0.25) is 0 Å². The Bertz CT molecular complexity index is 1040. The summed E-state index contributed by atoms with van der Waals surface area (Å²) in [6.45, 7) is 29.8. The van der Waals surface area contributed by atoms with Gasteiger partial charge in [0.05, 0.1) is 13.2 Å². The molecule has 1 aliphatic rings. The van der Waals surface area contributed by atoms with Crippen LogP contribution in [0.25, 0.3) is 0 Å². The van der Waals surface area contributed by atoms with Gasteiger partial charge in [0.2, 0.25) is 0 Å². The fourth-order valence-corrected chi connectivity index (χ4v) is 6.31. The predicted octanol–water partition coefficient (Wildman–Crippen LogP) is 6.84. The number of nitrogen functional groups attached to an aromatic ring is 1. The first kappa shape index (κ1) is 32.4. The van der Waals surface area contributed by atoms with E-state index in [2.05, 4.69) is 113 Å². The van der Waals surface area contributed by atoms with E-state index in [1.54, 1.807) is 0 Å². The van der Waals surface area contributed by atoms with E-state index in [0.717, 1.165) is 56.6 Å². The number of aromatic nitrogens is 1. The fourth-order valence-electron chi connectivity index (χ4n) is 4.24. The van der Waals surface area contributed by atoms with E-state index < -0.39 is 16.6 Å². The molecule has 0 amide bonds. The van der Waals surface area contributed by atoms with Crippen LogP contribution in [0, 0.1) is 0 Å². The number of anilines is 4. The molecule has 1 aromatic carbocycles. The van der Waals surface area contributed by atoms with Crippen LogP contribution < -0.4 is 20.4 Å². The topological polar surface area (TPSA) is 67.1 Å². The Labute approximate surface area is 246 Å². The number of nitrogens with two attached hydrogens (primary N) is 1. The molecule has 224 valence electrons. The molecule has 0 atom stereocenters. The Morgan fingerprint density at radius 2 is 1.23 bits per heavy atom. The zero-order chi connectivity index (χ0) is 29.8. The molecule has 0 saturated carbocycles. The zero-order valence-electron chi connectivity index (χ0n) is 26.9. The number of hydrogen-bond donors (Lipinski definition) is 1. The molecule has 1 saturated heterocycles. The smallest absolute Gasteiger partial charge is 0.192 e. The van der Waals surface area contributed by atoms with Crippen molar-refractivity contribution in [1.29, 1.82) is 0 Å². The van der Waals surface area contributed by atoms with Crippen molar-refractivity contribution >= 4 is 39.6 Å². The van der Waals surface area contributed by atoms with E-state index in [0.29, 0.717) is 13.2 Å². The maximum absolute atomic E-state index is 6.57. The quantitative estimate of drug-likeness (QED) is 0.229. The molecule has 0 radical (unpaired) electrons. The SMILES string of the molecule is CC(C)(C)[Si](C)(C)OCCN(CCO[Si](C)(C)C(C)(C)C)c1cccc(N2CCN(c3ccc(N)cc3)CC2)n1. The zero-order valence-corrected chi connectivity index (χ0v) is 28.9. The number of nitrogens with zero attached hydrogens (tertiary/aromatic N) is 4. The fraction of sp³-hybridized carbons (Fsp3) is 0.645. The molecule has 0 unspecified atom stereocenters. The summed E-state index contributed by atoms with van der Waals surface area (Å²) < 4.78 is 13.1. The molecule has 40 heavy (non-hydrogen) atoms. The largest absolute Gasteiger partial charge is 0.415 e. The lowest BCUT2D eigenvalue weighted by molar-refractivity contribution is 0.275. The van der Waals surface area contributed by atoms with Crippen molar-refractivity contribution in [3.05, 3.63) is 42.5 Å². The highest BCUT2D eigenvalue weighted by Crippen LogP contribution is 2.37. The van der Waals surface area contributed by atoms with Crippen LogP contribution in [0.2, 0.25) is 36.3 Å². The predicted molar refractivity (Wildman–Crippen MR) is 178 cm³/mol. The Morgan fingerprint density at radius 3 is 1.70 bits per heavy atom. The molecular weight excluding hydrogens is 531 g/mol. The van der Waals surface area contributed by atoms with Crippen LogP contribution >= 0.6 is 0 Å². The molecule has 2 heterocycles. The molecule has 0 spiro atoms. The van der Waals surface area contributed by atoms with Gasteiger partial charge in [-0.2, -0.15) is 0 Å². The highest BCUT2D eigenvalue weighted by Gasteiger charge is 2.38. The van der Waals surface area contributed by atoms with Crippen molar-refractivity contribution in [3.8, 4) is 0 Å². The van der Waals surface area contributed by atoms with Gasteiger partial charge in [0, 0.05) is 50.6 Å². The highest BCUT2D eigenvalue weighted by molar-refractivity contribution is 6.74. The van der Waals surface area contributed by atoms with E-state index in [4.69, 9.17) is 19.6 Å². The van der Waals surface area contributed by atoms with Crippen molar-refractivity contribution in [2.24, 2.45) is 0 Å². The van der Waals surface area contributed by atoms with Crippen LogP contribution in [0.4, 0.5) is 23.0 Å². The van der Waals surface area contributed by atoms with Gasteiger partial charge in [-0.1, -0.05) is 47.6 Å². The molecule has 1 aliphatic heterocycles. The summed E-state index contributed by atoms with van der Waals surface area (Å²) in [7, 11) is -3.65. The summed E-state index contributed by atoms with van der Waals surface area (Å²) >= 11 is 0.